The Balaban J connectivity index is 1.70. The third-order valence-electron chi connectivity index (χ3n) is 4.82. The molecular formula is C25H20ClN3O4. The Labute approximate surface area is 196 Å². The van der Waals surface area contributed by atoms with Crippen molar-refractivity contribution in [1.82, 2.24) is 0 Å². The maximum absolute atomic E-state index is 12.6. The first-order chi connectivity index (χ1) is 15.9. The maximum atomic E-state index is 12.6. The first kappa shape index (κ1) is 23.5. The lowest BCUT2D eigenvalue weighted by molar-refractivity contribution is -0.384. The summed E-state index contributed by atoms with van der Waals surface area (Å²) in [6.07, 6.45) is 2.20. The summed E-state index contributed by atoms with van der Waals surface area (Å²) in [6.45, 7) is 2.16. The van der Waals surface area contributed by atoms with Gasteiger partial charge < -0.3 is 10.1 Å². The lowest BCUT2D eigenvalue weighted by Crippen LogP contribution is -2.14. The van der Waals surface area contributed by atoms with E-state index in [9.17, 15) is 20.2 Å². The fourth-order valence-corrected chi connectivity index (χ4v) is 3.30. The van der Waals surface area contributed by atoms with E-state index in [2.05, 4.69) is 5.32 Å². The van der Waals surface area contributed by atoms with Crippen molar-refractivity contribution in [2.45, 2.75) is 20.0 Å². The fourth-order valence-electron chi connectivity index (χ4n) is 3.05. The number of non-ortho nitro benzene ring substituents is 1. The van der Waals surface area contributed by atoms with E-state index in [0.717, 1.165) is 17.5 Å². The molecule has 1 N–H and O–H groups in total. The number of nitrogens with zero attached hydrogens (tertiary/aromatic N) is 2. The smallest absolute Gasteiger partial charge is 0.269 e. The Morgan fingerprint density at radius 3 is 2.55 bits per heavy atom. The van der Waals surface area contributed by atoms with Gasteiger partial charge in [-0.25, -0.2) is 0 Å². The van der Waals surface area contributed by atoms with Crippen molar-refractivity contribution in [3.05, 3.63) is 104 Å². The van der Waals surface area contributed by atoms with Gasteiger partial charge in [0.15, 0.2) is 0 Å². The van der Waals surface area contributed by atoms with Crippen LogP contribution in [0.1, 0.15) is 23.6 Å². The molecule has 0 aliphatic heterocycles. The van der Waals surface area contributed by atoms with Crippen LogP contribution in [-0.2, 0) is 17.8 Å². The predicted molar refractivity (Wildman–Crippen MR) is 127 cm³/mol. The van der Waals surface area contributed by atoms with E-state index < -0.39 is 10.8 Å². The number of rotatable bonds is 8. The molecule has 3 aromatic carbocycles. The summed E-state index contributed by atoms with van der Waals surface area (Å²) in [5.41, 5.74) is 2.90. The van der Waals surface area contributed by atoms with Crippen LogP contribution in [0.3, 0.4) is 0 Å². The number of hydrogen-bond donors (Lipinski definition) is 1. The van der Waals surface area contributed by atoms with Gasteiger partial charge in [0.2, 0.25) is 0 Å². The zero-order valence-electron chi connectivity index (χ0n) is 17.7. The minimum absolute atomic E-state index is 0.00318. The second kappa shape index (κ2) is 10.9. The number of amides is 1. The molecule has 3 aromatic rings. The average Bonchev–Trinajstić information content (AvgIpc) is 2.82. The molecule has 0 saturated carbocycles. The number of aryl methyl sites for hydroxylation is 1. The molecule has 0 spiro atoms. The van der Waals surface area contributed by atoms with Gasteiger partial charge in [-0.05, 0) is 59.5 Å². The first-order valence-corrected chi connectivity index (χ1v) is 10.5. The fraction of sp³-hybridized carbons (Fsp3) is 0.120. The molecule has 0 unspecified atom stereocenters. The minimum atomic E-state index is -0.506. The van der Waals surface area contributed by atoms with E-state index in [1.54, 1.807) is 36.4 Å². The highest BCUT2D eigenvalue weighted by atomic mass is 35.5. The second-order valence-corrected chi connectivity index (χ2v) is 7.44. The summed E-state index contributed by atoms with van der Waals surface area (Å²) in [5.74, 6) is -0.0972. The number of nitro groups is 1. The van der Waals surface area contributed by atoms with Crippen LogP contribution in [0.15, 0.2) is 72.3 Å². The number of ether oxygens (including phenoxy) is 1. The molecule has 0 fully saturated rings. The van der Waals surface area contributed by atoms with Crippen molar-refractivity contribution in [2.24, 2.45) is 0 Å². The van der Waals surface area contributed by atoms with Crippen molar-refractivity contribution in [2.75, 3.05) is 5.32 Å². The number of nitrogens with one attached hydrogen (secondary N) is 1. The molecule has 3 rings (SSSR count). The number of carbonyl (C=O) groups excluding carboxylic acids is 1. The van der Waals surface area contributed by atoms with Crippen LogP contribution in [0.4, 0.5) is 11.4 Å². The second-order valence-electron chi connectivity index (χ2n) is 7.04. The van der Waals surface area contributed by atoms with Gasteiger partial charge in [-0.2, -0.15) is 5.26 Å². The van der Waals surface area contributed by atoms with Gasteiger partial charge in [-0.1, -0.05) is 42.8 Å². The monoisotopic (exact) mass is 461 g/mol. The highest BCUT2D eigenvalue weighted by molar-refractivity contribution is 6.32. The van der Waals surface area contributed by atoms with Crippen LogP contribution in [0.2, 0.25) is 5.02 Å². The van der Waals surface area contributed by atoms with Crippen LogP contribution >= 0.6 is 11.6 Å². The van der Waals surface area contributed by atoms with Gasteiger partial charge in [-0.3, -0.25) is 14.9 Å². The quantitative estimate of drug-likeness (QED) is 0.193. The van der Waals surface area contributed by atoms with Gasteiger partial charge in [0.25, 0.3) is 11.6 Å². The Kier molecular flexibility index (Phi) is 7.79. The van der Waals surface area contributed by atoms with Crippen molar-refractivity contribution < 1.29 is 14.5 Å². The summed E-state index contributed by atoms with van der Waals surface area (Å²) >= 11 is 6.31. The van der Waals surface area contributed by atoms with Gasteiger partial charge in [0.1, 0.15) is 24.0 Å². The summed E-state index contributed by atoms with van der Waals surface area (Å²) in [6, 6.07) is 20.3. The Morgan fingerprint density at radius 1 is 1.18 bits per heavy atom. The maximum Gasteiger partial charge on any atom is 0.269 e. The van der Waals surface area contributed by atoms with Gasteiger partial charge in [0.05, 0.1) is 9.95 Å². The van der Waals surface area contributed by atoms with Gasteiger partial charge in [-0.15, -0.1) is 0 Å². The standard InChI is InChI=1S/C25H20ClN3O4/c1-2-19-5-3-4-6-23(19)28-25(30)20(15-27)13-18-9-12-24(22(26)14-18)33-16-17-7-10-21(11-8-17)29(31)32/h3-14H,2,16H2,1H3,(H,28,30)/b20-13+. The zero-order valence-corrected chi connectivity index (χ0v) is 18.5. The van der Waals surface area contributed by atoms with E-state index in [1.807, 2.05) is 31.2 Å². The van der Waals surface area contributed by atoms with Crippen LogP contribution < -0.4 is 10.1 Å². The molecule has 0 atom stereocenters. The average molecular weight is 462 g/mol. The summed E-state index contributed by atoms with van der Waals surface area (Å²) in [5, 5.41) is 23.3. The largest absolute Gasteiger partial charge is 0.487 e. The number of anilines is 1. The third-order valence-corrected chi connectivity index (χ3v) is 5.12. The van der Waals surface area contributed by atoms with Crippen molar-refractivity contribution in [1.29, 1.82) is 5.26 Å². The van der Waals surface area contributed by atoms with Crippen molar-refractivity contribution in [3.63, 3.8) is 0 Å². The topological polar surface area (TPSA) is 105 Å². The minimum Gasteiger partial charge on any atom is -0.487 e. The molecule has 0 aromatic heterocycles. The molecular weight excluding hydrogens is 442 g/mol. The number of halogens is 1. The lowest BCUT2D eigenvalue weighted by atomic mass is 10.1. The zero-order chi connectivity index (χ0) is 23.8. The van der Waals surface area contributed by atoms with Crippen molar-refractivity contribution >= 4 is 35.0 Å². The summed E-state index contributed by atoms with van der Waals surface area (Å²) in [4.78, 5) is 22.9. The van der Waals surface area contributed by atoms with Crippen molar-refractivity contribution in [3.8, 4) is 11.8 Å². The Morgan fingerprint density at radius 2 is 1.91 bits per heavy atom. The third kappa shape index (κ3) is 6.19. The van der Waals surface area contributed by atoms with Gasteiger partial charge >= 0.3 is 0 Å². The molecule has 0 aliphatic rings. The van der Waals surface area contributed by atoms with E-state index in [-0.39, 0.29) is 17.9 Å². The molecule has 8 heteroatoms. The van der Waals surface area contributed by atoms with Crippen LogP contribution in [0.25, 0.3) is 6.08 Å². The SMILES string of the molecule is CCc1ccccc1NC(=O)/C(C#N)=C/c1ccc(OCc2ccc([N+](=O)[O-])cc2)c(Cl)c1. The van der Waals surface area contributed by atoms with Crippen LogP contribution in [0, 0.1) is 21.4 Å². The molecule has 166 valence electrons. The Bertz CT molecular complexity index is 1250. The molecule has 0 aliphatic carbocycles. The number of nitro benzene ring substituents is 1. The normalized spacial score (nSPS) is 10.9. The Hall–Kier alpha value is -4.15. The number of hydrogen-bond acceptors (Lipinski definition) is 5. The molecule has 33 heavy (non-hydrogen) atoms. The van der Waals surface area contributed by atoms with Gasteiger partial charge in [0, 0.05) is 17.8 Å². The first-order valence-electron chi connectivity index (χ1n) is 10.1. The lowest BCUT2D eigenvalue weighted by Gasteiger charge is -2.10. The van der Waals surface area contributed by atoms with E-state index >= 15 is 0 Å². The van der Waals surface area contributed by atoms with E-state index in [0.29, 0.717) is 22.0 Å². The molecule has 1 amide bonds. The number of nitriles is 1. The molecule has 0 bridgehead atoms. The molecule has 0 heterocycles. The number of carbonyl (C=O) groups is 1. The predicted octanol–water partition coefficient (Wildman–Crippen LogP) is 5.94. The van der Waals surface area contributed by atoms with Crippen LogP contribution in [-0.4, -0.2) is 10.8 Å². The summed E-state index contributed by atoms with van der Waals surface area (Å²) in [7, 11) is 0. The summed E-state index contributed by atoms with van der Waals surface area (Å²) < 4.78 is 5.69. The van der Waals surface area contributed by atoms with E-state index in [4.69, 9.17) is 16.3 Å². The molecule has 0 radical (unpaired) electrons. The molecule has 7 nitrogen and oxygen atoms in total. The number of para-hydroxylation sites is 1. The molecule has 0 saturated heterocycles. The highest BCUT2D eigenvalue weighted by Crippen LogP contribution is 2.28. The number of benzene rings is 3. The highest BCUT2D eigenvalue weighted by Gasteiger charge is 2.12. The van der Waals surface area contributed by atoms with E-state index in [1.165, 1.54) is 18.2 Å². The van der Waals surface area contributed by atoms with Crippen LogP contribution in [0.5, 0.6) is 5.75 Å².